The zero-order chi connectivity index (χ0) is 20.4. The van der Waals surface area contributed by atoms with Crippen molar-refractivity contribution in [2.45, 2.75) is 26.5 Å². The summed E-state index contributed by atoms with van der Waals surface area (Å²) in [6.07, 6.45) is 1.76. The Morgan fingerprint density at radius 2 is 2.14 bits per heavy atom. The van der Waals surface area contributed by atoms with Gasteiger partial charge in [-0.1, -0.05) is 0 Å². The summed E-state index contributed by atoms with van der Waals surface area (Å²) < 4.78 is 13.2. The van der Waals surface area contributed by atoms with Crippen LogP contribution in [0.2, 0.25) is 0 Å². The van der Waals surface area contributed by atoms with Crippen LogP contribution in [0.1, 0.15) is 27.4 Å². The molecule has 0 bridgehead atoms. The van der Waals surface area contributed by atoms with Crippen molar-refractivity contribution in [1.29, 1.82) is 0 Å². The third-order valence-corrected chi connectivity index (χ3v) is 4.54. The first-order valence-corrected chi connectivity index (χ1v) is 8.66. The quantitative estimate of drug-likeness (QED) is 0.553. The van der Waals surface area contributed by atoms with E-state index in [1.54, 1.807) is 36.0 Å². The van der Waals surface area contributed by atoms with Gasteiger partial charge in [0.25, 0.3) is 5.91 Å². The second-order valence-electron chi connectivity index (χ2n) is 6.49. The van der Waals surface area contributed by atoms with E-state index in [0.717, 1.165) is 11.3 Å². The Morgan fingerprint density at radius 3 is 2.75 bits per heavy atom. The maximum atomic E-state index is 12.6. The molecule has 0 aliphatic rings. The lowest BCUT2D eigenvalue weighted by Gasteiger charge is -2.12. The average molecular weight is 386 g/mol. The number of nitrogens with zero attached hydrogens (tertiary/aromatic N) is 2. The van der Waals surface area contributed by atoms with Gasteiger partial charge in [0.05, 0.1) is 24.1 Å². The van der Waals surface area contributed by atoms with Crippen LogP contribution in [0, 0.1) is 13.8 Å². The summed E-state index contributed by atoms with van der Waals surface area (Å²) in [5.41, 5.74) is 7.89. The lowest BCUT2D eigenvalue weighted by Crippen LogP contribution is -2.46. The molecule has 0 unspecified atom stereocenters. The van der Waals surface area contributed by atoms with E-state index in [9.17, 15) is 14.7 Å². The number of amides is 2. The Hall–Kier alpha value is -3.33. The predicted molar refractivity (Wildman–Crippen MR) is 101 cm³/mol. The predicted octanol–water partition coefficient (Wildman–Crippen LogP) is 0.938. The summed E-state index contributed by atoms with van der Waals surface area (Å²) in [6, 6.07) is 3.98. The monoisotopic (exact) mass is 386 g/mol. The fourth-order valence-corrected chi connectivity index (χ4v) is 2.94. The Balaban J connectivity index is 1.87. The van der Waals surface area contributed by atoms with E-state index in [-0.39, 0.29) is 5.56 Å². The molecule has 0 aliphatic heterocycles. The highest BCUT2D eigenvalue weighted by Gasteiger charge is 2.23. The summed E-state index contributed by atoms with van der Waals surface area (Å²) in [7, 11) is 1.84. The molecule has 2 aromatic heterocycles. The number of primary amides is 1. The number of benzene rings is 1. The Bertz CT molecular complexity index is 1020. The number of aliphatic hydroxyl groups is 1. The molecule has 0 spiro atoms. The highest BCUT2D eigenvalue weighted by Crippen LogP contribution is 2.29. The van der Waals surface area contributed by atoms with Crippen molar-refractivity contribution in [1.82, 2.24) is 15.1 Å². The number of aromatic nitrogens is 2. The highest BCUT2D eigenvalue weighted by atomic mass is 16.5. The van der Waals surface area contributed by atoms with Crippen LogP contribution in [0.15, 0.2) is 28.8 Å². The standard InChI is InChI=1S/C19H22N4O5/c1-10-7-21-23(3)15(10)9-27-12-4-5-16-13(6-12)17(11(2)28-16)19(26)22-14(8-24)18(20)25/h4-7,14,24H,8-9H2,1-3H3,(H2,20,25)(H,22,26)/t14-/m0/s1. The topological polar surface area (TPSA) is 133 Å². The van der Waals surface area contributed by atoms with E-state index in [1.165, 1.54) is 0 Å². The van der Waals surface area contributed by atoms with Gasteiger partial charge in [-0.15, -0.1) is 0 Å². The summed E-state index contributed by atoms with van der Waals surface area (Å²) in [5, 5.41) is 16.3. The molecule has 1 aromatic carbocycles. The van der Waals surface area contributed by atoms with E-state index >= 15 is 0 Å². The molecule has 3 rings (SSSR count). The lowest BCUT2D eigenvalue weighted by molar-refractivity contribution is -0.120. The number of aryl methyl sites for hydroxylation is 3. The van der Waals surface area contributed by atoms with Gasteiger partial charge in [0.2, 0.25) is 5.91 Å². The number of nitrogens with one attached hydrogen (secondary N) is 1. The van der Waals surface area contributed by atoms with Gasteiger partial charge in [0.1, 0.15) is 29.7 Å². The number of aliphatic hydroxyl groups excluding tert-OH is 1. The third-order valence-electron chi connectivity index (χ3n) is 4.54. The summed E-state index contributed by atoms with van der Waals surface area (Å²) in [6.45, 7) is 3.33. The molecule has 0 saturated carbocycles. The average Bonchev–Trinajstić information content (AvgIpc) is 3.15. The molecule has 28 heavy (non-hydrogen) atoms. The lowest BCUT2D eigenvalue weighted by atomic mass is 10.1. The van der Waals surface area contributed by atoms with Crippen LogP contribution in [0.3, 0.4) is 0 Å². The molecule has 2 amide bonds. The van der Waals surface area contributed by atoms with Crippen LogP contribution in [0.25, 0.3) is 11.0 Å². The first-order chi connectivity index (χ1) is 13.3. The molecule has 9 heteroatoms. The molecule has 0 radical (unpaired) electrons. The molecule has 2 heterocycles. The minimum Gasteiger partial charge on any atom is -0.487 e. The number of nitrogens with two attached hydrogens (primary N) is 1. The molecule has 3 aromatic rings. The van der Waals surface area contributed by atoms with E-state index < -0.39 is 24.5 Å². The third kappa shape index (κ3) is 3.70. The first-order valence-electron chi connectivity index (χ1n) is 8.66. The van der Waals surface area contributed by atoms with Crippen LogP contribution < -0.4 is 15.8 Å². The number of fused-ring (bicyclic) bond motifs is 1. The smallest absolute Gasteiger partial charge is 0.256 e. The van der Waals surface area contributed by atoms with Gasteiger partial charge in [-0.05, 0) is 37.6 Å². The second-order valence-corrected chi connectivity index (χ2v) is 6.49. The minimum absolute atomic E-state index is 0.261. The Labute approximate surface area is 161 Å². The molecular weight excluding hydrogens is 364 g/mol. The van der Waals surface area contributed by atoms with Gasteiger partial charge in [-0.25, -0.2) is 0 Å². The zero-order valence-corrected chi connectivity index (χ0v) is 15.9. The number of hydrogen-bond donors (Lipinski definition) is 3. The van der Waals surface area contributed by atoms with Crippen LogP contribution in [-0.4, -0.2) is 39.4 Å². The molecule has 4 N–H and O–H groups in total. The Kier molecular flexibility index (Phi) is 5.36. The largest absolute Gasteiger partial charge is 0.487 e. The van der Waals surface area contributed by atoms with Gasteiger partial charge in [-0.3, -0.25) is 14.3 Å². The maximum absolute atomic E-state index is 12.6. The van der Waals surface area contributed by atoms with Crippen molar-refractivity contribution >= 4 is 22.8 Å². The van der Waals surface area contributed by atoms with Crippen LogP contribution >= 0.6 is 0 Å². The van der Waals surface area contributed by atoms with E-state index in [1.807, 2.05) is 14.0 Å². The van der Waals surface area contributed by atoms with Gasteiger partial charge in [0.15, 0.2) is 0 Å². The molecule has 9 nitrogen and oxygen atoms in total. The van der Waals surface area contributed by atoms with Crippen molar-refractivity contribution in [3.05, 3.63) is 47.0 Å². The van der Waals surface area contributed by atoms with Crippen molar-refractivity contribution in [3.63, 3.8) is 0 Å². The van der Waals surface area contributed by atoms with E-state index in [4.69, 9.17) is 14.9 Å². The van der Waals surface area contributed by atoms with Gasteiger partial charge < -0.3 is 25.3 Å². The molecule has 0 fully saturated rings. The summed E-state index contributed by atoms with van der Waals surface area (Å²) in [5.74, 6) is -0.449. The zero-order valence-electron chi connectivity index (χ0n) is 15.9. The van der Waals surface area contributed by atoms with Gasteiger partial charge in [0, 0.05) is 12.4 Å². The van der Waals surface area contributed by atoms with Crippen LogP contribution in [0.4, 0.5) is 0 Å². The summed E-state index contributed by atoms with van der Waals surface area (Å²) >= 11 is 0. The highest BCUT2D eigenvalue weighted by molar-refractivity contribution is 6.08. The normalized spacial score (nSPS) is 12.1. The van der Waals surface area contributed by atoms with E-state index in [2.05, 4.69) is 10.4 Å². The van der Waals surface area contributed by atoms with Crippen LogP contribution in [-0.2, 0) is 18.4 Å². The minimum atomic E-state index is -1.18. The van der Waals surface area contributed by atoms with Crippen molar-refractivity contribution in [2.75, 3.05) is 6.61 Å². The van der Waals surface area contributed by atoms with Gasteiger partial charge in [-0.2, -0.15) is 5.10 Å². The number of ether oxygens (including phenoxy) is 1. The first kappa shape index (κ1) is 19.4. The fraction of sp³-hybridized carbons (Fsp3) is 0.316. The number of carbonyl (C=O) groups excluding carboxylic acids is 2. The molecule has 0 saturated heterocycles. The molecular formula is C19H22N4O5. The van der Waals surface area contributed by atoms with Crippen molar-refractivity contribution in [2.24, 2.45) is 12.8 Å². The molecule has 0 aliphatic carbocycles. The van der Waals surface area contributed by atoms with Crippen molar-refractivity contribution < 1.29 is 23.8 Å². The number of furan rings is 1. The molecule has 1 atom stereocenters. The second kappa shape index (κ2) is 7.73. The summed E-state index contributed by atoms with van der Waals surface area (Å²) in [4.78, 5) is 23.9. The fourth-order valence-electron chi connectivity index (χ4n) is 2.94. The van der Waals surface area contributed by atoms with Crippen molar-refractivity contribution in [3.8, 4) is 5.75 Å². The van der Waals surface area contributed by atoms with E-state index in [0.29, 0.717) is 29.1 Å². The SMILES string of the molecule is Cc1cnn(C)c1COc1ccc2oc(C)c(C(=O)N[C@@H](CO)C(N)=O)c2c1. The molecule has 148 valence electrons. The number of hydrogen-bond acceptors (Lipinski definition) is 6. The Morgan fingerprint density at radius 1 is 1.39 bits per heavy atom. The van der Waals surface area contributed by atoms with Crippen LogP contribution in [0.5, 0.6) is 5.75 Å². The number of rotatable bonds is 7. The number of carbonyl (C=O) groups is 2. The van der Waals surface area contributed by atoms with Gasteiger partial charge >= 0.3 is 0 Å². The maximum Gasteiger partial charge on any atom is 0.256 e.